The molecule has 0 spiro atoms. The molecule has 0 amide bonds. The zero-order chi connectivity index (χ0) is 11.3. The van der Waals surface area contributed by atoms with Gasteiger partial charge in [0.05, 0.1) is 6.61 Å². The minimum Gasteiger partial charge on any atom is -0.383 e. The van der Waals surface area contributed by atoms with Crippen LogP contribution < -0.4 is 5.32 Å². The standard InChI is InChI=1S/C13H27NO/c1-10(2)12-6-5-11(3)9-13(12)14-7-8-15-4/h10-14H,5-9H2,1-4H3/t11-,12+,13-/m1/s1. The molecule has 90 valence electrons. The van der Waals surface area contributed by atoms with Gasteiger partial charge in [-0.15, -0.1) is 0 Å². The lowest BCUT2D eigenvalue weighted by molar-refractivity contribution is 0.148. The number of methoxy groups -OCH3 is 1. The molecule has 2 nitrogen and oxygen atoms in total. The van der Waals surface area contributed by atoms with E-state index in [-0.39, 0.29) is 0 Å². The largest absolute Gasteiger partial charge is 0.383 e. The first-order valence-electron chi connectivity index (χ1n) is 6.37. The van der Waals surface area contributed by atoms with Crippen molar-refractivity contribution in [1.29, 1.82) is 0 Å². The van der Waals surface area contributed by atoms with Crippen LogP contribution in [0.15, 0.2) is 0 Å². The summed E-state index contributed by atoms with van der Waals surface area (Å²) in [5.74, 6) is 2.55. The molecular formula is C13H27NO. The van der Waals surface area contributed by atoms with Crippen LogP contribution in [0.3, 0.4) is 0 Å². The molecule has 1 N–H and O–H groups in total. The molecule has 0 aromatic heterocycles. The Balaban J connectivity index is 2.39. The second-order valence-corrected chi connectivity index (χ2v) is 5.38. The summed E-state index contributed by atoms with van der Waals surface area (Å²) in [5, 5.41) is 3.66. The van der Waals surface area contributed by atoms with Crippen LogP contribution in [0.25, 0.3) is 0 Å². The SMILES string of the molecule is COCCN[C@@H]1C[C@H](C)CC[C@H]1C(C)C. The molecule has 0 saturated heterocycles. The zero-order valence-electron chi connectivity index (χ0n) is 10.8. The highest BCUT2D eigenvalue weighted by molar-refractivity contribution is 4.85. The van der Waals surface area contributed by atoms with Crippen LogP contribution in [0.5, 0.6) is 0 Å². The van der Waals surface area contributed by atoms with Crippen molar-refractivity contribution >= 4 is 0 Å². The van der Waals surface area contributed by atoms with Crippen LogP contribution in [0.2, 0.25) is 0 Å². The third-order valence-electron chi connectivity index (χ3n) is 3.73. The van der Waals surface area contributed by atoms with E-state index in [1.165, 1.54) is 19.3 Å². The Morgan fingerprint density at radius 3 is 2.67 bits per heavy atom. The summed E-state index contributed by atoms with van der Waals surface area (Å²) < 4.78 is 5.09. The molecule has 15 heavy (non-hydrogen) atoms. The highest BCUT2D eigenvalue weighted by Crippen LogP contribution is 2.33. The summed E-state index contributed by atoms with van der Waals surface area (Å²) in [6.07, 6.45) is 4.14. The third kappa shape index (κ3) is 4.12. The molecule has 0 bridgehead atoms. The van der Waals surface area contributed by atoms with Crippen molar-refractivity contribution in [2.75, 3.05) is 20.3 Å². The number of rotatable bonds is 5. The van der Waals surface area contributed by atoms with Crippen LogP contribution in [-0.2, 0) is 4.74 Å². The van der Waals surface area contributed by atoms with E-state index in [4.69, 9.17) is 4.74 Å². The summed E-state index contributed by atoms with van der Waals surface area (Å²) in [6.45, 7) is 8.91. The van der Waals surface area contributed by atoms with Gasteiger partial charge in [-0.2, -0.15) is 0 Å². The van der Waals surface area contributed by atoms with Gasteiger partial charge in [-0.3, -0.25) is 0 Å². The molecule has 0 radical (unpaired) electrons. The molecule has 0 aromatic carbocycles. The molecule has 1 aliphatic carbocycles. The normalized spacial score (nSPS) is 32.2. The van der Waals surface area contributed by atoms with Gasteiger partial charge in [-0.25, -0.2) is 0 Å². The van der Waals surface area contributed by atoms with E-state index in [1.807, 2.05) is 0 Å². The zero-order valence-corrected chi connectivity index (χ0v) is 10.8. The predicted octanol–water partition coefficient (Wildman–Crippen LogP) is 2.68. The Labute approximate surface area is 94.8 Å². The van der Waals surface area contributed by atoms with E-state index in [1.54, 1.807) is 7.11 Å². The Hall–Kier alpha value is -0.0800. The average Bonchev–Trinajstić information content (AvgIpc) is 2.18. The van der Waals surface area contributed by atoms with E-state index in [0.29, 0.717) is 6.04 Å². The van der Waals surface area contributed by atoms with E-state index in [9.17, 15) is 0 Å². The van der Waals surface area contributed by atoms with Gasteiger partial charge in [0.1, 0.15) is 0 Å². The summed E-state index contributed by atoms with van der Waals surface area (Å²) in [7, 11) is 1.77. The van der Waals surface area contributed by atoms with Gasteiger partial charge >= 0.3 is 0 Å². The number of hydrogen-bond donors (Lipinski definition) is 1. The quantitative estimate of drug-likeness (QED) is 0.709. The molecular weight excluding hydrogens is 186 g/mol. The lowest BCUT2D eigenvalue weighted by Gasteiger charge is -2.38. The summed E-state index contributed by atoms with van der Waals surface area (Å²) in [4.78, 5) is 0. The van der Waals surface area contributed by atoms with Gasteiger partial charge in [0, 0.05) is 19.7 Å². The molecule has 0 unspecified atom stereocenters. The van der Waals surface area contributed by atoms with Crippen LogP contribution in [0.1, 0.15) is 40.0 Å². The van der Waals surface area contributed by atoms with Crippen molar-refractivity contribution in [3.63, 3.8) is 0 Å². The van der Waals surface area contributed by atoms with Crippen molar-refractivity contribution in [2.45, 2.75) is 46.1 Å². The highest BCUT2D eigenvalue weighted by Gasteiger charge is 2.29. The lowest BCUT2D eigenvalue weighted by Crippen LogP contribution is -2.43. The average molecular weight is 213 g/mol. The molecule has 3 atom stereocenters. The minimum absolute atomic E-state index is 0.712. The van der Waals surface area contributed by atoms with Crippen molar-refractivity contribution in [1.82, 2.24) is 5.32 Å². The second-order valence-electron chi connectivity index (χ2n) is 5.38. The number of ether oxygens (including phenoxy) is 1. The van der Waals surface area contributed by atoms with E-state index in [0.717, 1.165) is 30.9 Å². The fourth-order valence-corrected chi connectivity index (χ4v) is 2.78. The molecule has 1 saturated carbocycles. The fourth-order valence-electron chi connectivity index (χ4n) is 2.78. The van der Waals surface area contributed by atoms with Crippen molar-refractivity contribution in [3.8, 4) is 0 Å². The topological polar surface area (TPSA) is 21.3 Å². The highest BCUT2D eigenvalue weighted by atomic mass is 16.5. The van der Waals surface area contributed by atoms with Gasteiger partial charge in [0.15, 0.2) is 0 Å². The van der Waals surface area contributed by atoms with Gasteiger partial charge in [0.2, 0.25) is 0 Å². The minimum atomic E-state index is 0.712. The summed E-state index contributed by atoms with van der Waals surface area (Å²) in [5.41, 5.74) is 0. The van der Waals surface area contributed by atoms with Gasteiger partial charge in [0.25, 0.3) is 0 Å². The second kappa shape index (κ2) is 6.49. The number of hydrogen-bond acceptors (Lipinski definition) is 2. The first kappa shape index (κ1) is 13.0. The van der Waals surface area contributed by atoms with E-state index in [2.05, 4.69) is 26.1 Å². The van der Waals surface area contributed by atoms with Crippen LogP contribution >= 0.6 is 0 Å². The first-order valence-corrected chi connectivity index (χ1v) is 6.37. The van der Waals surface area contributed by atoms with Crippen LogP contribution in [0.4, 0.5) is 0 Å². The number of nitrogens with one attached hydrogen (secondary N) is 1. The van der Waals surface area contributed by atoms with Crippen LogP contribution in [0, 0.1) is 17.8 Å². The molecule has 1 aliphatic rings. The molecule has 0 heterocycles. The van der Waals surface area contributed by atoms with Gasteiger partial charge < -0.3 is 10.1 Å². The van der Waals surface area contributed by atoms with Crippen molar-refractivity contribution in [2.24, 2.45) is 17.8 Å². The van der Waals surface area contributed by atoms with Gasteiger partial charge in [-0.05, 0) is 30.6 Å². The van der Waals surface area contributed by atoms with Crippen molar-refractivity contribution < 1.29 is 4.74 Å². The Morgan fingerprint density at radius 1 is 1.33 bits per heavy atom. The Kier molecular flexibility index (Phi) is 5.62. The van der Waals surface area contributed by atoms with Crippen LogP contribution in [-0.4, -0.2) is 26.3 Å². The molecule has 0 aliphatic heterocycles. The Morgan fingerprint density at radius 2 is 2.07 bits per heavy atom. The summed E-state index contributed by atoms with van der Waals surface area (Å²) >= 11 is 0. The smallest absolute Gasteiger partial charge is 0.0587 e. The van der Waals surface area contributed by atoms with Gasteiger partial charge in [-0.1, -0.05) is 27.2 Å². The maximum absolute atomic E-state index is 5.09. The van der Waals surface area contributed by atoms with E-state index < -0.39 is 0 Å². The molecule has 1 fully saturated rings. The monoisotopic (exact) mass is 213 g/mol. The van der Waals surface area contributed by atoms with Crippen molar-refractivity contribution in [3.05, 3.63) is 0 Å². The molecule has 0 aromatic rings. The third-order valence-corrected chi connectivity index (χ3v) is 3.73. The Bertz CT molecular complexity index is 170. The predicted molar refractivity (Wildman–Crippen MR) is 65.0 cm³/mol. The summed E-state index contributed by atoms with van der Waals surface area (Å²) in [6, 6.07) is 0.712. The fraction of sp³-hybridized carbons (Fsp3) is 1.00. The van der Waals surface area contributed by atoms with E-state index >= 15 is 0 Å². The maximum atomic E-state index is 5.09. The molecule has 1 rings (SSSR count). The molecule has 2 heteroatoms. The maximum Gasteiger partial charge on any atom is 0.0587 e. The first-order chi connectivity index (χ1) is 7.15. The lowest BCUT2D eigenvalue weighted by atomic mass is 9.74.